The van der Waals surface area contributed by atoms with Crippen LogP contribution in [0.5, 0.6) is 0 Å². The van der Waals surface area contributed by atoms with Crippen molar-refractivity contribution in [2.24, 2.45) is 0 Å². The van der Waals surface area contributed by atoms with Crippen LogP contribution in [0.4, 0.5) is 0 Å². The molecule has 0 spiro atoms. The smallest absolute Gasteiger partial charge is 0.264 e. The Balaban J connectivity index is 3.18. The van der Waals surface area contributed by atoms with Crippen molar-refractivity contribution in [3.63, 3.8) is 0 Å². The van der Waals surface area contributed by atoms with Crippen LogP contribution in [0.25, 0.3) is 0 Å². The lowest BCUT2D eigenvalue weighted by Crippen LogP contribution is -2.31. The maximum absolute atomic E-state index is 12.4. The normalized spacial score (nSPS) is 11.2. The molecular formula is C15H20N2O4S. The summed E-state index contributed by atoms with van der Waals surface area (Å²) in [6, 6.07) is 5.82. The van der Waals surface area contributed by atoms with Crippen LogP contribution in [-0.2, 0) is 14.9 Å². The van der Waals surface area contributed by atoms with Gasteiger partial charge in [-0.05, 0) is 18.2 Å². The molecule has 0 aromatic heterocycles. The van der Waals surface area contributed by atoms with Crippen LogP contribution >= 0.6 is 0 Å². The van der Waals surface area contributed by atoms with Crippen LogP contribution in [0.2, 0.25) is 0 Å². The zero-order chi connectivity index (χ0) is 16.8. The van der Waals surface area contributed by atoms with E-state index in [0.29, 0.717) is 13.1 Å². The molecular weight excluding hydrogens is 304 g/mol. The second-order valence-electron chi connectivity index (χ2n) is 4.41. The van der Waals surface area contributed by atoms with Crippen molar-refractivity contribution < 1.29 is 18.0 Å². The molecule has 1 rings (SSSR count). The van der Waals surface area contributed by atoms with Crippen LogP contribution < -0.4 is 0 Å². The number of carbonyl (C=O) groups excluding carboxylic acids is 1. The van der Waals surface area contributed by atoms with E-state index < -0.39 is 10.0 Å². The van der Waals surface area contributed by atoms with E-state index in [1.165, 1.54) is 37.3 Å². The van der Waals surface area contributed by atoms with Gasteiger partial charge in [-0.25, -0.2) is 8.42 Å². The average Bonchev–Trinajstić information content (AvgIpc) is 2.53. The van der Waals surface area contributed by atoms with Gasteiger partial charge >= 0.3 is 0 Å². The van der Waals surface area contributed by atoms with Crippen LogP contribution in [0, 0.1) is 0 Å². The molecule has 0 unspecified atom stereocenters. The second kappa shape index (κ2) is 7.88. The van der Waals surface area contributed by atoms with Crippen LogP contribution in [-0.4, -0.2) is 50.9 Å². The highest BCUT2D eigenvalue weighted by Crippen LogP contribution is 2.17. The summed E-state index contributed by atoms with van der Waals surface area (Å²) in [6.07, 6.45) is 3.20. The predicted octanol–water partition coefficient (Wildman–Crippen LogP) is 1.68. The molecule has 22 heavy (non-hydrogen) atoms. The number of hydrogen-bond donors (Lipinski definition) is 0. The van der Waals surface area contributed by atoms with Crippen molar-refractivity contribution in [3.8, 4) is 0 Å². The summed E-state index contributed by atoms with van der Waals surface area (Å²) in [4.78, 5) is 18.6. The van der Waals surface area contributed by atoms with Gasteiger partial charge in [0.1, 0.15) is 0 Å². The zero-order valence-corrected chi connectivity index (χ0v) is 13.5. The lowest BCUT2D eigenvalue weighted by molar-refractivity contribution is -0.0258. The zero-order valence-electron chi connectivity index (χ0n) is 12.7. The minimum Gasteiger partial charge on any atom is -0.331 e. The maximum atomic E-state index is 12.4. The summed E-state index contributed by atoms with van der Waals surface area (Å²) in [5, 5.41) is 0. The first-order valence-corrected chi connectivity index (χ1v) is 7.96. The standard InChI is InChI=1S/C15H20N2O4S/c1-5-10-17(11-6-2)15(18)13-8-7-9-14(12-13)22(19,20)16(3)21-4/h5-9,12H,1-2,10-11H2,3-4H3. The van der Waals surface area contributed by atoms with E-state index in [1.807, 2.05) is 0 Å². The predicted molar refractivity (Wildman–Crippen MR) is 84.7 cm³/mol. The number of nitrogens with zero attached hydrogens (tertiary/aromatic N) is 2. The average molecular weight is 324 g/mol. The first-order chi connectivity index (χ1) is 10.4. The van der Waals surface area contributed by atoms with Crippen LogP contribution in [0.15, 0.2) is 54.5 Å². The molecule has 1 aromatic carbocycles. The number of sulfonamides is 1. The Morgan fingerprint density at radius 1 is 1.27 bits per heavy atom. The van der Waals surface area contributed by atoms with Crippen molar-refractivity contribution in [2.45, 2.75) is 4.90 Å². The summed E-state index contributed by atoms with van der Waals surface area (Å²) < 4.78 is 25.1. The van der Waals surface area contributed by atoms with Gasteiger partial charge in [-0.15, -0.1) is 13.2 Å². The SMILES string of the molecule is C=CCN(CC=C)C(=O)c1cccc(S(=O)(=O)N(C)OC)c1. The second-order valence-corrected chi connectivity index (χ2v) is 6.35. The Bertz CT molecular complexity index is 645. The Kier molecular flexibility index (Phi) is 6.48. The van der Waals surface area contributed by atoms with E-state index in [1.54, 1.807) is 18.2 Å². The van der Waals surface area contributed by atoms with Gasteiger partial charge in [0.05, 0.1) is 12.0 Å². The number of benzene rings is 1. The van der Waals surface area contributed by atoms with E-state index in [4.69, 9.17) is 4.84 Å². The Morgan fingerprint density at radius 2 is 1.86 bits per heavy atom. The van der Waals surface area contributed by atoms with Gasteiger partial charge in [0.2, 0.25) is 0 Å². The van der Waals surface area contributed by atoms with Gasteiger partial charge < -0.3 is 4.90 Å². The van der Waals surface area contributed by atoms with Crippen molar-refractivity contribution >= 4 is 15.9 Å². The van der Waals surface area contributed by atoms with E-state index >= 15 is 0 Å². The highest BCUT2D eigenvalue weighted by Gasteiger charge is 2.22. The first-order valence-electron chi connectivity index (χ1n) is 6.52. The number of hydroxylamine groups is 1. The summed E-state index contributed by atoms with van der Waals surface area (Å²) in [7, 11) is -1.26. The third kappa shape index (κ3) is 4.03. The Hall–Kier alpha value is -1.96. The van der Waals surface area contributed by atoms with Crippen molar-refractivity contribution in [3.05, 3.63) is 55.1 Å². The van der Waals surface area contributed by atoms with Crippen LogP contribution in [0.3, 0.4) is 0 Å². The number of rotatable bonds is 8. The number of carbonyl (C=O) groups is 1. The van der Waals surface area contributed by atoms with Gasteiger partial charge in [-0.3, -0.25) is 9.63 Å². The molecule has 120 valence electrons. The van der Waals surface area contributed by atoms with Gasteiger partial charge in [-0.1, -0.05) is 22.7 Å². The van der Waals surface area contributed by atoms with Gasteiger partial charge in [0, 0.05) is 25.7 Å². The molecule has 6 nitrogen and oxygen atoms in total. The van der Waals surface area contributed by atoms with Crippen LogP contribution in [0.1, 0.15) is 10.4 Å². The van der Waals surface area contributed by atoms with E-state index in [0.717, 1.165) is 4.47 Å². The van der Waals surface area contributed by atoms with Gasteiger partial charge in [-0.2, -0.15) is 0 Å². The van der Waals surface area contributed by atoms with Crippen molar-refractivity contribution in [2.75, 3.05) is 27.2 Å². The summed E-state index contributed by atoms with van der Waals surface area (Å²) in [6.45, 7) is 7.90. The molecule has 0 aliphatic carbocycles. The molecule has 0 radical (unpaired) electrons. The molecule has 1 amide bonds. The topological polar surface area (TPSA) is 66.9 Å². The molecule has 0 fully saturated rings. The minimum atomic E-state index is -3.80. The summed E-state index contributed by atoms with van der Waals surface area (Å²) >= 11 is 0. The maximum Gasteiger partial charge on any atom is 0.264 e. The Morgan fingerprint density at radius 3 is 2.36 bits per heavy atom. The largest absolute Gasteiger partial charge is 0.331 e. The lowest BCUT2D eigenvalue weighted by atomic mass is 10.2. The fraction of sp³-hybridized carbons (Fsp3) is 0.267. The molecule has 0 saturated heterocycles. The lowest BCUT2D eigenvalue weighted by Gasteiger charge is -2.20. The molecule has 0 aliphatic rings. The van der Waals surface area contributed by atoms with E-state index in [-0.39, 0.29) is 16.4 Å². The highest BCUT2D eigenvalue weighted by atomic mass is 32.2. The fourth-order valence-corrected chi connectivity index (χ4v) is 2.79. The van der Waals surface area contributed by atoms with Gasteiger partial charge in [0.25, 0.3) is 15.9 Å². The molecule has 7 heteroatoms. The Labute approximate surface area is 131 Å². The van der Waals surface area contributed by atoms with E-state index in [2.05, 4.69) is 13.2 Å². The molecule has 0 saturated carbocycles. The quantitative estimate of drug-likeness (QED) is 0.539. The fourth-order valence-electron chi connectivity index (χ4n) is 1.77. The molecule has 0 bridgehead atoms. The third-order valence-corrected chi connectivity index (χ3v) is 4.64. The third-order valence-electron chi connectivity index (χ3n) is 2.96. The molecule has 1 aromatic rings. The minimum absolute atomic E-state index is 0.0140. The molecule has 0 atom stereocenters. The van der Waals surface area contributed by atoms with Crippen molar-refractivity contribution in [1.29, 1.82) is 0 Å². The monoisotopic (exact) mass is 324 g/mol. The highest BCUT2D eigenvalue weighted by molar-refractivity contribution is 7.89. The molecule has 0 N–H and O–H groups in total. The molecule has 0 aliphatic heterocycles. The van der Waals surface area contributed by atoms with Gasteiger partial charge in [0.15, 0.2) is 0 Å². The number of hydrogen-bond acceptors (Lipinski definition) is 4. The summed E-state index contributed by atoms with van der Waals surface area (Å²) in [5.41, 5.74) is 0.272. The van der Waals surface area contributed by atoms with Crippen molar-refractivity contribution in [1.82, 2.24) is 9.37 Å². The first kappa shape index (κ1) is 18.1. The number of amides is 1. The van der Waals surface area contributed by atoms with E-state index in [9.17, 15) is 13.2 Å². The summed E-state index contributed by atoms with van der Waals surface area (Å²) in [5.74, 6) is -0.295. The molecule has 0 heterocycles.